The molecule has 0 spiro atoms. The minimum absolute atomic E-state index is 0.0905. The second-order valence-corrected chi connectivity index (χ2v) is 6.70. The average Bonchev–Trinajstić information content (AvgIpc) is 2.73. The Morgan fingerprint density at radius 2 is 1.55 bits per heavy atom. The first-order valence-corrected chi connectivity index (χ1v) is 9.84. The molecule has 0 aliphatic carbocycles. The summed E-state index contributed by atoms with van der Waals surface area (Å²) in [6, 6.07) is 12.9. The molecule has 0 unspecified atom stereocenters. The van der Waals surface area contributed by atoms with Crippen LogP contribution in [0.2, 0.25) is 0 Å². The van der Waals surface area contributed by atoms with E-state index in [1.165, 1.54) is 11.8 Å². The predicted octanol–water partition coefficient (Wildman–Crippen LogP) is 3.30. The number of fused-ring (bicyclic) bond motifs is 1. The van der Waals surface area contributed by atoms with Gasteiger partial charge in [0.1, 0.15) is 19.8 Å². The summed E-state index contributed by atoms with van der Waals surface area (Å²) in [5.41, 5.74) is 2.39. The molecule has 0 radical (unpaired) electrons. The van der Waals surface area contributed by atoms with Crippen LogP contribution in [0.4, 0.5) is 17.1 Å². The lowest BCUT2D eigenvalue weighted by Gasteiger charge is -2.24. The zero-order valence-electron chi connectivity index (χ0n) is 17.1. The first-order valence-electron chi connectivity index (χ1n) is 9.84. The number of carbonyl (C=O) groups excluding carboxylic acids is 2. The SMILES string of the molecule is CCN(CC)c1ccc(NC(=O)CN(C(C)=O)c2ccc3c(c2)OCCO3)cc1. The molecule has 3 rings (SSSR count). The van der Waals surface area contributed by atoms with Crippen LogP contribution in [0.1, 0.15) is 20.8 Å². The molecular formula is C22H27N3O4. The van der Waals surface area contributed by atoms with Crippen LogP contribution in [-0.4, -0.2) is 44.7 Å². The summed E-state index contributed by atoms with van der Waals surface area (Å²) in [5, 5.41) is 2.85. The van der Waals surface area contributed by atoms with Crippen molar-refractivity contribution < 1.29 is 19.1 Å². The predicted molar refractivity (Wildman–Crippen MR) is 114 cm³/mol. The third kappa shape index (κ3) is 4.99. The van der Waals surface area contributed by atoms with Gasteiger partial charge in [-0.25, -0.2) is 0 Å². The van der Waals surface area contributed by atoms with Gasteiger partial charge in [-0.15, -0.1) is 0 Å². The largest absolute Gasteiger partial charge is 0.486 e. The van der Waals surface area contributed by atoms with Gasteiger partial charge in [-0.05, 0) is 50.2 Å². The molecule has 0 saturated heterocycles. The molecule has 0 fully saturated rings. The van der Waals surface area contributed by atoms with Crippen LogP contribution in [0.25, 0.3) is 0 Å². The number of carbonyl (C=O) groups is 2. The van der Waals surface area contributed by atoms with Crippen LogP contribution < -0.4 is 24.6 Å². The number of nitrogens with zero attached hydrogens (tertiary/aromatic N) is 2. The van der Waals surface area contributed by atoms with Crippen molar-refractivity contribution in [2.45, 2.75) is 20.8 Å². The van der Waals surface area contributed by atoms with E-state index in [0.717, 1.165) is 18.8 Å². The molecule has 1 N–H and O–H groups in total. The van der Waals surface area contributed by atoms with Gasteiger partial charge in [0.25, 0.3) is 0 Å². The Morgan fingerprint density at radius 3 is 2.17 bits per heavy atom. The van der Waals surface area contributed by atoms with Crippen molar-refractivity contribution in [1.29, 1.82) is 0 Å². The van der Waals surface area contributed by atoms with Gasteiger partial charge in [-0.1, -0.05) is 0 Å². The Morgan fingerprint density at radius 1 is 0.931 bits per heavy atom. The fourth-order valence-electron chi connectivity index (χ4n) is 3.27. The number of hydrogen-bond acceptors (Lipinski definition) is 5. The minimum Gasteiger partial charge on any atom is -0.486 e. The van der Waals surface area contributed by atoms with Gasteiger partial charge in [0.15, 0.2) is 11.5 Å². The second-order valence-electron chi connectivity index (χ2n) is 6.70. The van der Waals surface area contributed by atoms with E-state index in [4.69, 9.17) is 9.47 Å². The van der Waals surface area contributed by atoms with Gasteiger partial charge in [0.05, 0.1) is 0 Å². The van der Waals surface area contributed by atoms with Crippen molar-refractivity contribution in [3.8, 4) is 11.5 Å². The van der Waals surface area contributed by atoms with E-state index in [0.29, 0.717) is 36.1 Å². The number of rotatable bonds is 7. The lowest BCUT2D eigenvalue weighted by Crippen LogP contribution is -2.36. The molecule has 7 heteroatoms. The van der Waals surface area contributed by atoms with Crippen LogP contribution in [0, 0.1) is 0 Å². The molecule has 0 bridgehead atoms. The molecule has 2 aromatic carbocycles. The quantitative estimate of drug-likeness (QED) is 0.776. The maximum Gasteiger partial charge on any atom is 0.244 e. The second kappa shape index (κ2) is 9.32. The van der Waals surface area contributed by atoms with E-state index in [1.807, 2.05) is 24.3 Å². The molecule has 2 amide bonds. The van der Waals surface area contributed by atoms with E-state index in [2.05, 4.69) is 24.1 Å². The van der Waals surface area contributed by atoms with E-state index < -0.39 is 0 Å². The molecule has 0 aromatic heterocycles. The smallest absolute Gasteiger partial charge is 0.244 e. The summed E-state index contributed by atoms with van der Waals surface area (Å²) in [6.45, 7) is 8.35. The molecule has 29 heavy (non-hydrogen) atoms. The summed E-state index contributed by atoms with van der Waals surface area (Å²) in [4.78, 5) is 28.3. The van der Waals surface area contributed by atoms with Crippen LogP contribution >= 0.6 is 0 Å². The van der Waals surface area contributed by atoms with Crippen LogP contribution in [0.3, 0.4) is 0 Å². The fourth-order valence-corrected chi connectivity index (χ4v) is 3.27. The maximum atomic E-state index is 12.5. The molecule has 0 atom stereocenters. The van der Waals surface area contributed by atoms with E-state index in [9.17, 15) is 9.59 Å². The summed E-state index contributed by atoms with van der Waals surface area (Å²) >= 11 is 0. The molecule has 0 saturated carbocycles. The van der Waals surface area contributed by atoms with Crippen molar-refractivity contribution in [1.82, 2.24) is 0 Å². The third-order valence-electron chi connectivity index (χ3n) is 4.80. The number of amides is 2. The molecule has 7 nitrogen and oxygen atoms in total. The molecule has 154 valence electrons. The first kappa shape index (κ1) is 20.5. The Hall–Kier alpha value is -3.22. The van der Waals surface area contributed by atoms with Crippen LogP contribution in [-0.2, 0) is 9.59 Å². The number of nitrogens with one attached hydrogen (secondary N) is 1. The highest BCUT2D eigenvalue weighted by molar-refractivity contribution is 6.02. The Kier molecular flexibility index (Phi) is 6.59. The average molecular weight is 397 g/mol. The highest BCUT2D eigenvalue weighted by Crippen LogP contribution is 2.34. The zero-order chi connectivity index (χ0) is 20.8. The Bertz CT molecular complexity index is 863. The van der Waals surface area contributed by atoms with Gasteiger partial charge in [-0.3, -0.25) is 9.59 Å². The lowest BCUT2D eigenvalue weighted by molar-refractivity contribution is -0.120. The monoisotopic (exact) mass is 397 g/mol. The highest BCUT2D eigenvalue weighted by Gasteiger charge is 2.19. The fraction of sp³-hybridized carbons (Fsp3) is 0.364. The molecular weight excluding hydrogens is 370 g/mol. The molecule has 1 aliphatic heterocycles. The lowest BCUT2D eigenvalue weighted by atomic mass is 10.2. The molecule has 1 aliphatic rings. The standard InChI is InChI=1S/C22H27N3O4/c1-4-24(5-2)18-8-6-17(7-9-18)23-22(27)15-25(16(3)26)19-10-11-20-21(14-19)29-13-12-28-20/h6-11,14H,4-5,12-13,15H2,1-3H3,(H,23,27). The van der Waals surface area contributed by atoms with E-state index in [-0.39, 0.29) is 18.4 Å². The van der Waals surface area contributed by atoms with Crippen molar-refractivity contribution >= 4 is 28.9 Å². The topological polar surface area (TPSA) is 71.1 Å². The van der Waals surface area contributed by atoms with Gasteiger partial charge >= 0.3 is 0 Å². The van der Waals surface area contributed by atoms with E-state index in [1.54, 1.807) is 18.2 Å². The number of anilines is 3. The van der Waals surface area contributed by atoms with Crippen molar-refractivity contribution in [3.05, 3.63) is 42.5 Å². The molecule has 2 aromatic rings. The van der Waals surface area contributed by atoms with Crippen molar-refractivity contribution in [3.63, 3.8) is 0 Å². The normalized spacial score (nSPS) is 12.2. The van der Waals surface area contributed by atoms with Gasteiger partial charge in [-0.2, -0.15) is 0 Å². The number of hydrogen-bond donors (Lipinski definition) is 1. The molecule has 1 heterocycles. The van der Waals surface area contributed by atoms with Gasteiger partial charge < -0.3 is 24.6 Å². The first-order chi connectivity index (χ1) is 14.0. The van der Waals surface area contributed by atoms with Crippen LogP contribution in [0.5, 0.6) is 11.5 Å². The summed E-state index contributed by atoms with van der Waals surface area (Å²) < 4.78 is 11.1. The summed E-state index contributed by atoms with van der Waals surface area (Å²) in [5.74, 6) is 0.716. The summed E-state index contributed by atoms with van der Waals surface area (Å²) in [6.07, 6.45) is 0. The Balaban J connectivity index is 1.68. The Labute approximate surface area is 171 Å². The van der Waals surface area contributed by atoms with Gasteiger partial charge in [0, 0.05) is 43.1 Å². The maximum absolute atomic E-state index is 12.5. The summed E-state index contributed by atoms with van der Waals surface area (Å²) in [7, 11) is 0. The van der Waals surface area contributed by atoms with E-state index >= 15 is 0 Å². The number of ether oxygens (including phenoxy) is 2. The zero-order valence-corrected chi connectivity index (χ0v) is 17.1. The van der Waals surface area contributed by atoms with Gasteiger partial charge in [0.2, 0.25) is 11.8 Å². The number of benzene rings is 2. The van der Waals surface area contributed by atoms with Crippen LogP contribution in [0.15, 0.2) is 42.5 Å². The highest BCUT2D eigenvalue weighted by atomic mass is 16.6. The third-order valence-corrected chi connectivity index (χ3v) is 4.80. The van der Waals surface area contributed by atoms with Crippen molar-refractivity contribution in [2.75, 3.05) is 48.0 Å². The minimum atomic E-state index is -0.273. The van der Waals surface area contributed by atoms with Crippen molar-refractivity contribution in [2.24, 2.45) is 0 Å².